The fraction of sp³-hybridized carbons (Fsp3) is 0.935. The van der Waals surface area contributed by atoms with Crippen molar-refractivity contribution in [3.8, 4) is 0 Å². The molecular weight excluding hydrogens is 839 g/mol. The van der Waals surface area contributed by atoms with Crippen LogP contribution in [0.25, 0.3) is 0 Å². The highest BCUT2D eigenvalue weighted by atomic mass is 16.5. The fourth-order valence-corrected chi connectivity index (χ4v) is 9.81. The standard InChI is InChI=1S/C62H121NO5/c1-3-5-7-9-11-13-15-17-19-27-30-34-38-42-46-50-54-60(65)59(58-64)63-61(66)55-51-47-43-39-35-31-28-25-23-21-20-22-24-26-29-33-37-41-45-49-53-57-68-62(67)56-52-48-44-40-36-32-18-16-14-12-10-8-6-4-2/h21,23,59-60,64-65H,3-20,22,24-58H2,1-2H3,(H,63,66)/b23-21-. The van der Waals surface area contributed by atoms with E-state index >= 15 is 0 Å². The quantitative estimate of drug-likeness (QED) is 0.0321. The predicted molar refractivity (Wildman–Crippen MR) is 297 cm³/mol. The lowest BCUT2D eigenvalue weighted by molar-refractivity contribution is -0.143. The number of carbonyl (C=O) groups excluding carboxylic acids is 2. The number of nitrogens with one attached hydrogen (secondary N) is 1. The smallest absolute Gasteiger partial charge is 0.305 e. The first kappa shape index (κ1) is 66.6. The van der Waals surface area contributed by atoms with Crippen LogP contribution in [0.2, 0.25) is 0 Å². The summed E-state index contributed by atoms with van der Waals surface area (Å²) in [6.45, 7) is 4.97. The number of aliphatic hydroxyl groups excluding tert-OH is 2. The molecule has 1 amide bonds. The van der Waals surface area contributed by atoms with Crippen LogP contribution in [-0.4, -0.2) is 47.4 Å². The van der Waals surface area contributed by atoms with Crippen molar-refractivity contribution in [2.45, 2.75) is 360 Å². The van der Waals surface area contributed by atoms with Crippen LogP contribution in [0.1, 0.15) is 348 Å². The van der Waals surface area contributed by atoms with Crippen molar-refractivity contribution < 1.29 is 24.5 Å². The van der Waals surface area contributed by atoms with Gasteiger partial charge in [0.15, 0.2) is 0 Å². The molecule has 0 aliphatic heterocycles. The van der Waals surface area contributed by atoms with E-state index in [0.717, 1.165) is 38.5 Å². The number of hydrogen-bond acceptors (Lipinski definition) is 5. The first-order valence-electron chi connectivity index (χ1n) is 30.9. The number of allylic oxidation sites excluding steroid dienone is 2. The van der Waals surface area contributed by atoms with E-state index in [9.17, 15) is 19.8 Å². The zero-order valence-electron chi connectivity index (χ0n) is 46.1. The van der Waals surface area contributed by atoms with E-state index in [4.69, 9.17) is 4.74 Å². The molecule has 0 spiro atoms. The molecule has 0 radical (unpaired) electrons. The Kier molecular flexibility index (Phi) is 57.0. The molecule has 2 atom stereocenters. The molecule has 3 N–H and O–H groups in total. The van der Waals surface area contributed by atoms with Crippen molar-refractivity contribution >= 4 is 11.9 Å². The van der Waals surface area contributed by atoms with Crippen LogP contribution in [0.4, 0.5) is 0 Å². The van der Waals surface area contributed by atoms with Crippen molar-refractivity contribution in [3.05, 3.63) is 12.2 Å². The molecule has 2 unspecified atom stereocenters. The van der Waals surface area contributed by atoms with Gasteiger partial charge >= 0.3 is 5.97 Å². The normalized spacial score (nSPS) is 12.6. The molecule has 0 rings (SSSR count). The van der Waals surface area contributed by atoms with Gasteiger partial charge in [0, 0.05) is 12.8 Å². The lowest BCUT2D eigenvalue weighted by atomic mass is 10.0. The first-order chi connectivity index (χ1) is 33.5. The molecule has 0 saturated heterocycles. The van der Waals surface area contributed by atoms with Crippen LogP contribution in [0.3, 0.4) is 0 Å². The van der Waals surface area contributed by atoms with Gasteiger partial charge < -0.3 is 20.3 Å². The Bertz CT molecular complexity index is 1020. The number of rotatable bonds is 58. The van der Waals surface area contributed by atoms with Gasteiger partial charge in [-0.25, -0.2) is 0 Å². The summed E-state index contributed by atoms with van der Waals surface area (Å²) in [5, 5.41) is 23.3. The number of hydrogen-bond donors (Lipinski definition) is 3. The number of unbranched alkanes of at least 4 members (excludes halogenated alkanes) is 45. The molecule has 0 bridgehead atoms. The topological polar surface area (TPSA) is 95.9 Å². The minimum Gasteiger partial charge on any atom is -0.466 e. The number of amides is 1. The van der Waals surface area contributed by atoms with Crippen molar-refractivity contribution in [1.29, 1.82) is 0 Å². The summed E-state index contributed by atoms with van der Waals surface area (Å²) in [5.74, 6) is -0.0288. The average molecular weight is 961 g/mol. The maximum Gasteiger partial charge on any atom is 0.305 e. The van der Waals surface area contributed by atoms with E-state index in [1.807, 2.05) is 0 Å². The van der Waals surface area contributed by atoms with Gasteiger partial charge in [-0.1, -0.05) is 296 Å². The van der Waals surface area contributed by atoms with E-state index in [2.05, 4.69) is 31.3 Å². The maximum atomic E-state index is 12.5. The second-order valence-electron chi connectivity index (χ2n) is 21.4. The molecule has 68 heavy (non-hydrogen) atoms. The molecule has 404 valence electrons. The molecule has 0 aromatic carbocycles. The third-order valence-corrected chi connectivity index (χ3v) is 14.6. The van der Waals surface area contributed by atoms with Gasteiger partial charge in [0.25, 0.3) is 0 Å². The number of aliphatic hydroxyl groups is 2. The van der Waals surface area contributed by atoms with E-state index in [1.54, 1.807) is 0 Å². The van der Waals surface area contributed by atoms with Crippen molar-refractivity contribution in [2.24, 2.45) is 0 Å². The molecule has 0 heterocycles. The maximum absolute atomic E-state index is 12.5. The largest absolute Gasteiger partial charge is 0.466 e. The zero-order valence-corrected chi connectivity index (χ0v) is 46.1. The second-order valence-corrected chi connectivity index (χ2v) is 21.4. The second kappa shape index (κ2) is 58.2. The van der Waals surface area contributed by atoms with Crippen LogP contribution in [0, 0.1) is 0 Å². The van der Waals surface area contributed by atoms with Crippen molar-refractivity contribution in [2.75, 3.05) is 13.2 Å². The molecule has 6 heteroatoms. The summed E-state index contributed by atoms with van der Waals surface area (Å²) in [6.07, 6.45) is 69.3. The molecule has 0 aromatic rings. The summed E-state index contributed by atoms with van der Waals surface area (Å²) >= 11 is 0. The molecule has 6 nitrogen and oxygen atoms in total. The highest BCUT2D eigenvalue weighted by Gasteiger charge is 2.20. The van der Waals surface area contributed by atoms with Gasteiger partial charge in [-0.15, -0.1) is 0 Å². The SMILES string of the molecule is CCCCCCCCCCCCCCCCCCC(O)C(CO)NC(=O)CCCCCCCCC/C=C\CCCCCCCCCCCCOC(=O)CCCCCCCCCCCCCCCC. The number of esters is 1. The van der Waals surface area contributed by atoms with Crippen LogP contribution in [0.5, 0.6) is 0 Å². The van der Waals surface area contributed by atoms with Gasteiger partial charge in [0.05, 0.1) is 25.4 Å². The fourth-order valence-electron chi connectivity index (χ4n) is 9.81. The van der Waals surface area contributed by atoms with E-state index in [1.165, 1.54) is 276 Å². The predicted octanol–water partition coefficient (Wildman–Crippen LogP) is 19.2. The molecular formula is C62H121NO5. The summed E-state index contributed by atoms with van der Waals surface area (Å²) < 4.78 is 5.48. The van der Waals surface area contributed by atoms with Crippen molar-refractivity contribution in [1.82, 2.24) is 5.32 Å². The Morgan fingerprint density at radius 3 is 1.04 bits per heavy atom. The van der Waals surface area contributed by atoms with Crippen molar-refractivity contribution in [3.63, 3.8) is 0 Å². The molecule has 0 aromatic heterocycles. The molecule has 0 saturated carbocycles. The van der Waals surface area contributed by atoms with E-state index in [0.29, 0.717) is 25.9 Å². The van der Waals surface area contributed by atoms with Crippen LogP contribution >= 0.6 is 0 Å². The van der Waals surface area contributed by atoms with Crippen LogP contribution < -0.4 is 5.32 Å². The van der Waals surface area contributed by atoms with Crippen LogP contribution in [0.15, 0.2) is 12.2 Å². The van der Waals surface area contributed by atoms with Gasteiger partial charge in [0.1, 0.15) is 0 Å². The third-order valence-electron chi connectivity index (χ3n) is 14.6. The average Bonchev–Trinajstić information content (AvgIpc) is 3.34. The number of ether oxygens (including phenoxy) is 1. The first-order valence-corrected chi connectivity index (χ1v) is 30.9. The molecule has 0 fully saturated rings. The third kappa shape index (κ3) is 53.9. The van der Waals surface area contributed by atoms with Gasteiger partial charge in [0.2, 0.25) is 5.91 Å². The highest BCUT2D eigenvalue weighted by Crippen LogP contribution is 2.18. The Hall–Kier alpha value is -1.40. The van der Waals surface area contributed by atoms with Crippen LogP contribution in [-0.2, 0) is 14.3 Å². The summed E-state index contributed by atoms with van der Waals surface area (Å²) in [4.78, 5) is 24.5. The summed E-state index contributed by atoms with van der Waals surface area (Å²) in [7, 11) is 0. The summed E-state index contributed by atoms with van der Waals surface area (Å²) in [6, 6.07) is -0.546. The highest BCUT2D eigenvalue weighted by molar-refractivity contribution is 5.76. The lowest BCUT2D eigenvalue weighted by Crippen LogP contribution is -2.45. The lowest BCUT2D eigenvalue weighted by Gasteiger charge is -2.22. The Labute approximate surface area is 425 Å². The zero-order chi connectivity index (χ0) is 49.3. The van der Waals surface area contributed by atoms with Gasteiger partial charge in [-0.05, 0) is 51.4 Å². The van der Waals surface area contributed by atoms with E-state index in [-0.39, 0.29) is 18.5 Å². The minimum absolute atomic E-state index is 0.0112. The van der Waals surface area contributed by atoms with Gasteiger partial charge in [-0.2, -0.15) is 0 Å². The minimum atomic E-state index is -0.668. The Morgan fingerprint density at radius 1 is 0.397 bits per heavy atom. The molecule has 0 aliphatic carbocycles. The Balaban J connectivity index is 3.41. The van der Waals surface area contributed by atoms with E-state index < -0.39 is 12.1 Å². The molecule has 0 aliphatic rings. The Morgan fingerprint density at radius 2 is 0.691 bits per heavy atom. The summed E-state index contributed by atoms with van der Waals surface area (Å²) in [5.41, 5.74) is 0. The monoisotopic (exact) mass is 960 g/mol. The van der Waals surface area contributed by atoms with Gasteiger partial charge in [-0.3, -0.25) is 9.59 Å². The number of carbonyl (C=O) groups is 2.